The van der Waals surface area contributed by atoms with Gasteiger partial charge in [-0.1, -0.05) is 224 Å². The van der Waals surface area contributed by atoms with Crippen LogP contribution in [0.5, 0.6) is 0 Å². The molecule has 296 valence electrons. The number of fused-ring (bicyclic) bond motifs is 6. The van der Waals surface area contributed by atoms with E-state index in [-0.39, 0.29) is 0 Å². The van der Waals surface area contributed by atoms with Crippen molar-refractivity contribution in [3.8, 4) is 33.6 Å². The van der Waals surface area contributed by atoms with Gasteiger partial charge in [0.05, 0.1) is 33.4 Å². The van der Waals surface area contributed by atoms with Crippen molar-refractivity contribution >= 4 is 72.4 Å². The normalized spacial score (nSPS) is 11.8. The Balaban J connectivity index is 1.26. The fourth-order valence-electron chi connectivity index (χ4n) is 10.4. The van der Waals surface area contributed by atoms with E-state index in [0.717, 1.165) is 11.4 Å². The Morgan fingerprint density at radius 1 is 0.286 bits per heavy atom. The lowest BCUT2D eigenvalue weighted by Crippen LogP contribution is -2.74. The van der Waals surface area contributed by atoms with Gasteiger partial charge in [0.1, 0.15) is 0 Å². The summed E-state index contributed by atoms with van der Waals surface area (Å²) in [5.41, 5.74) is 11.8. The van der Waals surface area contributed by atoms with Gasteiger partial charge in [-0.25, -0.2) is 0 Å². The van der Waals surface area contributed by atoms with Crippen molar-refractivity contribution in [2.24, 2.45) is 0 Å². The molecule has 0 radical (unpaired) electrons. The Morgan fingerprint density at radius 2 is 0.794 bits per heavy atom. The highest BCUT2D eigenvalue weighted by Crippen LogP contribution is 2.42. The predicted molar refractivity (Wildman–Crippen MR) is 270 cm³/mol. The highest BCUT2D eigenvalue weighted by molar-refractivity contribution is 7.20. The molecule has 63 heavy (non-hydrogen) atoms. The lowest BCUT2D eigenvalue weighted by molar-refractivity contribution is 1.13. The molecule has 0 amide bonds. The summed E-state index contributed by atoms with van der Waals surface area (Å²) >= 11 is 0. The van der Waals surface area contributed by atoms with Crippen molar-refractivity contribution in [1.29, 1.82) is 0 Å². The Kier molecular flexibility index (Phi) is 8.87. The van der Waals surface area contributed by atoms with Gasteiger partial charge in [0, 0.05) is 27.1 Å². The van der Waals surface area contributed by atoms with Crippen LogP contribution in [0, 0.1) is 0 Å². The van der Waals surface area contributed by atoms with E-state index in [2.05, 4.69) is 264 Å². The van der Waals surface area contributed by atoms with Gasteiger partial charge in [-0.05, 0) is 67.8 Å². The molecule has 0 bridgehead atoms. The minimum atomic E-state index is -2.95. The second-order valence-corrected chi connectivity index (χ2v) is 20.2. The van der Waals surface area contributed by atoms with Gasteiger partial charge in [0.2, 0.25) is 0 Å². The summed E-state index contributed by atoms with van der Waals surface area (Å²) in [6.45, 7) is 0. The van der Waals surface area contributed by atoms with Crippen molar-refractivity contribution in [3.63, 3.8) is 0 Å². The third-order valence-electron chi connectivity index (χ3n) is 13.1. The third-order valence-corrected chi connectivity index (χ3v) is 17.9. The van der Waals surface area contributed by atoms with Gasteiger partial charge in [0.25, 0.3) is 0 Å². The number of para-hydroxylation sites is 3. The van der Waals surface area contributed by atoms with E-state index in [1.54, 1.807) is 0 Å². The quantitative estimate of drug-likeness (QED) is 0.107. The minimum Gasteiger partial charge on any atom is -0.307 e. The first-order chi connectivity index (χ1) is 31.3. The maximum absolute atomic E-state index is 2.95. The molecular formula is C60H42N2Si. The largest absolute Gasteiger partial charge is 0.307 e. The molecule has 0 aliphatic heterocycles. The van der Waals surface area contributed by atoms with E-state index in [4.69, 9.17) is 0 Å². The first-order valence-corrected chi connectivity index (χ1v) is 23.8. The first kappa shape index (κ1) is 36.8. The van der Waals surface area contributed by atoms with E-state index < -0.39 is 8.07 Å². The van der Waals surface area contributed by atoms with Crippen molar-refractivity contribution < 1.29 is 0 Å². The van der Waals surface area contributed by atoms with Gasteiger partial charge in [-0.2, -0.15) is 0 Å². The van der Waals surface area contributed by atoms with Crippen LogP contribution in [0.2, 0.25) is 0 Å². The highest BCUT2D eigenvalue weighted by Gasteiger charge is 2.43. The monoisotopic (exact) mass is 818 g/mol. The van der Waals surface area contributed by atoms with Gasteiger partial charge >= 0.3 is 0 Å². The van der Waals surface area contributed by atoms with E-state index >= 15 is 0 Å². The number of aromatic nitrogens is 2. The maximum Gasteiger partial charge on any atom is 0.180 e. The Hall–Kier alpha value is -7.98. The van der Waals surface area contributed by atoms with Crippen LogP contribution >= 0.6 is 0 Å². The second-order valence-electron chi connectivity index (χ2n) is 16.4. The number of nitrogens with zero attached hydrogens (tertiary/aromatic N) is 2. The molecule has 0 fully saturated rings. The number of hydrogen-bond donors (Lipinski definition) is 0. The van der Waals surface area contributed by atoms with Crippen LogP contribution in [-0.4, -0.2) is 17.2 Å². The fourth-order valence-corrected chi connectivity index (χ4v) is 15.4. The highest BCUT2D eigenvalue weighted by atomic mass is 28.3. The van der Waals surface area contributed by atoms with Crippen molar-refractivity contribution in [2.45, 2.75) is 0 Å². The Labute approximate surface area is 368 Å². The Morgan fingerprint density at radius 3 is 1.46 bits per heavy atom. The maximum atomic E-state index is 2.57. The average molecular weight is 819 g/mol. The zero-order valence-electron chi connectivity index (χ0n) is 34.6. The molecule has 0 N–H and O–H groups in total. The molecular weight excluding hydrogens is 777 g/mol. The number of hydrogen-bond acceptors (Lipinski definition) is 0. The van der Waals surface area contributed by atoms with Gasteiger partial charge in [0.15, 0.2) is 8.07 Å². The molecule has 0 spiro atoms. The molecule has 0 aliphatic rings. The van der Waals surface area contributed by atoms with Crippen LogP contribution in [0.15, 0.2) is 255 Å². The molecule has 10 aromatic carbocycles. The third kappa shape index (κ3) is 5.78. The van der Waals surface area contributed by atoms with Crippen molar-refractivity contribution in [1.82, 2.24) is 9.13 Å². The molecule has 0 unspecified atom stereocenters. The summed E-state index contributed by atoms with van der Waals surface area (Å²) < 4.78 is 5.09. The van der Waals surface area contributed by atoms with Crippen molar-refractivity contribution in [3.05, 3.63) is 255 Å². The summed E-state index contributed by atoms with van der Waals surface area (Å²) in [6, 6.07) is 94.4. The van der Waals surface area contributed by atoms with E-state index in [1.807, 2.05) is 0 Å². The van der Waals surface area contributed by atoms with Gasteiger partial charge in [-0.15, -0.1) is 0 Å². The van der Waals surface area contributed by atoms with E-state index in [9.17, 15) is 0 Å². The Bertz CT molecular complexity index is 3500. The van der Waals surface area contributed by atoms with Gasteiger partial charge in [-0.3, -0.25) is 0 Å². The van der Waals surface area contributed by atoms with Gasteiger partial charge < -0.3 is 9.13 Å². The summed E-state index contributed by atoms with van der Waals surface area (Å²) in [5, 5.41) is 10.4. The molecule has 3 heteroatoms. The first-order valence-electron chi connectivity index (χ1n) is 21.8. The molecule has 12 aromatic rings. The lowest BCUT2D eigenvalue weighted by atomic mass is 10.0. The summed E-state index contributed by atoms with van der Waals surface area (Å²) in [5.74, 6) is 0. The lowest BCUT2D eigenvalue weighted by Gasteiger charge is -2.35. The summed E-state index contributed by atoms with van der Waals surface area (Å²) in [6.07, 6.45) is 0. The topological polar surface area (TPSA) is 9.86 Å². The fraction of sp³-hybridized carbons (Fsp3) is 0. The molecule has 2 aromatic heterocycles. The second kappa shape index (κ2) is 15.2. The predicted octanol–water partition coefficient (Wildman–Crippen LogP) is 12.6. The van der Waals surface area contributed by atoms with Crippen LogP contribution in [0.1, 0.15) is 0 Å². The SMILES string of the molecule is c1ccc(-c2ccc3c4c([Si](c5ccccc5)(c5ccccc5)c5ccccc5)cccc4n(-c4cccc5c6ccccc6n(-c6ccccc6-c6ccccc6)c45)c3c2)cc1. The number of benzene rings is 10. The standard InChI is InChI=1S/C60H42N2Si/c1-6-22-43(23-7-1)45-40-41-52-57(42-45)61(55-37-21-39-58(59(52)55)63(46-26-10-3-11-27-46,47-28-12-4-13-29-47)48-30-14-5-15-31-48)56-38-20-34-51-50-33-17-19-36-54(50)62(60(51)56)53-35-18-16-32-49(53)44-24-8-2-9-25-44/h1-42H. The summed E-state index contributed by atoms with van der Waals surface area (Å²) in [7, 11) is -2.95. The molecule has 0 atom stereocenters. The molecule has 2 nitrogen and oxygen atoms in total. The van der Waals surface area contributed by atoms with E-state index in [1.165, 1.54) is 86.6 Å². The number of rotatable bonds is 8. The molecule has 2 heterocycles. The van der Waals surface area contributed by atoms with Crippen LogP contribution in [0.25, 0.3) is 77.2 Å². The summed E-state index contributed by atoms with van der Waals surface area (Å²) in [4.78, 5) is 0. The molecule has 12 rings (SSSR count). The average Bonchev–Trinajstić information content (AvgIpc) is 3.89. The molecule has 0 saturated heterocycles. The zero-order chi connectivity index (χ0) is 41.7. The zero-order valence-corrected chi connectivity index (χ0v) is 35.6. The van der Waals surface area contributed by atoms with Crippen LogP contribution in [0.3, 0.4) is 0 Å². The van der Waals surface area contributed by atoms with Crippen LogP contribution < -0.4 is 20.7 Å². The smallest absolute Gasteiger partial charge is 0.180 e. The van der Waals surface area contributed by atoms with Crippen LogP contribution in [0.4, 0.5) is 0 Å². The van der Waals surface area contributed by atoms with Crippen LogP contribution in [-0.2, 0) is 0 Å². The molecule has 0 aliphatic carbocycles. The van der Waals surface area contributed by atoms with Crippen molar-refractivity contribution in [2.75, 3.05) is 0 Å². The molecule has 0 saturated carbocycles. The van der Waals surface area contributed by atoms with E-state index in [0.29, 0.717) is 0 Å². The minimum absolute atomic E-state index is 1.14.